The van der Waals surface area contributed by atoms with Crippen LogP contribution in [0.15, 0.2) is 30.5 Å². The maximum absolute atomic E-state index is 12.7. The van der Waals surface area contributed by atoms with Crippen LogP contribution in [0.4, 0.5) is 0 Å². The minimum atomic E-state index is -0.454. The molecular formula is C20H24N2O4. The van der Waals surface area contributed by atoms with Crippen molar-refractivity contribution in [2.24, 2.45) is 0 Å². The number of benzene rings is 1. The summed E-state index contributed by atoms with van der Waals surface area (Å²) in [5.41, 5.74) is 2.20. The molecular weight excluding hydrogens is 332 g/mol. The number of carbonyl (C=O) groups is 2. The number of ether oxygens (including phenoxy) is 1. The first-order chi connectivity index (χ1) is 12.5. The summed E-state index contributed by atoms with van der Waals surface area (Å²) in [6.45, 7) is 4.19. The van der Waals surface area contributed by atoms with Gasteiger partial charge in [0.1, 0.15) is 17.9 Å². The van der Waals surface area contributed by atoms with Crippen molar-refractivity contribution >= 4 is 11.8 Å². The molecule has 1 aromatic carbocycles. The molecule has 138 valence electrons. The van der Waals surface area contributed by atoms with E-state index in [4.69, 9.17) is 4.74 Å². The summed E-state index contributed by atoms with van der Waals surface area (Å²) in [5.74, 6) is 0.395. The molecule has 1 aliphatic carbocycles. The smallest absolute Gasteiger partial charge is 0.255 e. The van der Waals surface area contributed by atoms with Gasteiger partial charge in [0.15, 0.2) is 0 Å². The van der Waals surface area contributed by atoms with Crippen LogP contribution in [0.3, 0.4) is 0 Å². The zero-order valence-electron chi connectivity index (χ0n) is 14.7. The standard InChI is InChI=1S/C20H24N2O4/c1-12-6-9-16(19(24)21-12)22-11-13-10-14(7-8-15(13)20(22)25)26-18-5-3-2-4-17(18)23/h7-8,10,16-18,23H,1-6,9,11H2,(H,21,24)/t16?,17-,18-/m0/s1. The Hall–Kier alpha value is -2.34. The monoisotopic (exact) mass is 356 g/mol. The molecule has 3 aliphatic rings. The second-order valence-electron chi connectivity index (χ2n) is 7.41. The van der Waals surface area contributed by atoms with E-state index >= 15 is 0 Å². The van der Waals surface area contributed by atoms with Crippen LogP contribution in [0.1, 0.15) is 54.4 Å². The highest BCUT2D eigenvalue weighted by Gasteiger charge is 2.38. The van der Waals surface area contributed by atoms with Crippen molar-refractivity contribution in [1.82, 2.24) is 10.2 Å². The first-order valence-corrected chi connectivity index (χ1v) is 9.30. The fourth-order valence-electron chi connectivity index (χ4n) is 4.09. The minimum absolute atomic E-state index is 0.114. The van der Waals surface area contributed by atoms with E-state index in [2.05, 4.69) is 11.9 Å². The molecule has 0 radical (unpaired) electrons. The molecule has 1 saturated heterocycles. The lowest BCUT2D eigenvalue weighted by molar-refractivity contribution is -0.126. The minimum Gasteiger partial charge on any atom is -0.488 e. The molecule has 2 aliphatic heterocycles. The predicted molar refractivity (Wildman–Crippen MR) is 95.5 cm³/mol. The molecule has 6 heteroatoms. The number of rotatable bonds is 3. The summed E-state index contributed by atoms with van der Waals surface area (Å²) in [5, 5.41) is 12.8. The molecule has 0 spiro atoms. The Bertz CT molecular complexity index is 760. The van der Waals surface area contributed by atoms with Gasteiger partial charge >= 0.3 is 0 Å². The molecule has 2 N–H and O–H groups in total. The number of nitrogens with zero attached hydrogens (tertiary/aromatic N) is 1. The largest absolute Gasteiger partial charge is 0.488 e. The van der Waals surface area contributed by atoms with Crippen LogP contribution < -0.4 is 10.1 Å². The van der Waals surface area contributed by atoms with Crippen molar-refractivity contribution < 1.29 is 19.4 Å². The van der Waals surface area contributed by atoms with Gasteiger partial charge in [-0.25, -0.2) is 0 Å². The maximum atomic E-state index is 12.7. The first kappa shape index (κ1) is 17.1. The van der Waals surface area contributed by atoms with E-state index in [9.17, 15) is 14.7 Å². The predicted octanol–water partition coefficient (Wildman–Crippen LogP) is 2.12. The highest BCUT2D eigenvalue weighted by Crippen LogP contribution is 2.32. The summed E-state index contributed by atoms with van der Waals surface area (Å²) in [6.07, 6.45) is 4.36. The number of allylic oxidation sites excluding steroid dienone is 1. The molecule has 1 saturated carbocycles. The van der Waals surface area contributed by atoms with E-state index in [0.717, 1.165) is 31.2 Å². The Morgan fingerprint density at radius 2 is 2.00 bits per heavy atom. The molecule has 26 heavy (non-hydrogen) atoms. The number of carbonyl (C=O) groups excluding carboxylic acids is 2. The van der Waals surface area contributed by atoms with Crippen LogP contribution in [0.2, 0.25) is 0 Å². The number of aliphatic hydroxyl groups excluding tert-OH is 1. The van der Waals surface area contributed by atoms with Crippen LogP contribution in [0.5, 0.6) is 5.75 Å². The topological polar surface area (TPSA) is 78.9 Å². The van der Waals surface area contributed by atoms with Gasteiger partial charge in [0.2, 0.25) is 5.91 Å². The summed E-state index contributed by atoms with van der Waals surface area (Å²) in [7, 11) is 0. The zero-order chi connectivity index (χ0) is 18.3. The maximum Gasteiger partial charge on any atom is 0.255 e. The SMILES string of the molecule is C=C1CCC(N2Cc3cc(O[C@H]4CCCC[C@@H]4O)ccc3C2=O)C(=O)N1. The third-order valence-electron chi connectivity index (χ3n) is 5.56. The first-order valence-electron chi connectivity index (χ1n) is 9.30. The number of amides is 2. The normalized spacial score (nSPS) is 28.7. The number of hydrogen-bond donors (Lipinski definition) is 2. The molecule has 2 fully saturated rings. The fourth-order valence-corrected chi connectivity index (χ4v) is 4.09. The van der Waals surface area contributed by atoms with Gasteiger partial charge < -0.3 is 20.1 Å². The van der Waals surface area contributed by atoms with Crippen molar-refractivity contribution in [2.75, 3.05) is 0 Å². The van der Waals surface area contributed by atoms with Gasteiger partial charge in [-0.1, -0.05) is 13.0 Å². The van der Waals surface area contributed by atoms with Gasteiger partial charge in [0.25, 0.3) is 5.91 Å². The Morgan fingerprint density at radius 3 is 2.77 bits per heavy atom. The molecule has 4 rings (SSSR count). The van der Waals surface area contributed by atoms with Crippen LogP contribution in [0, 0.1) is 0 Å². The van der Waals surface area contributed by atoms with Gasteiger partial charge in [-0.05, 0) is 55.9 Å². The lowest BCUT2D eigenvalue weighted by atomic mass is 9.95. The summed E-state index contributed by atoms with van der Waals surface area (Å²) in [4.78, 5) is 26.6. The Morgan fingerprint density at radius 1 is 1.19 bits per heavy atom. The van der Waals surface area contributed by atoms with Crippen LogP contribution in [-0.4, -0.2) is 40.1 Å². The summed E-state index contributed by atoms with van der Waals surface area (Å²) < 4.78 is 5.97. The quantitative estimate of drug-likeness (QED) is 0.869. The average Bonchev–Trinajstić information content (AvgIpc) is 2.93. The third kappa shape index (κ3) is 3.09. The highest BCUT2D eigenvalue weighted by atomic mass is 16.5. The van der Waals surface area contributed by atoms with Gasteiger partial charge in [0, 0.05) is 17.8 Å². The zero-order valence-corrected chi connectivity index (χ0v) is 14.7. The molecule has 2 amide bonds. The molecule has 2 heterocycles. The van der Waals surface area contributed by atoms with Crippen LogP contribution >= 0.6 is 0 Å². The summed E-state index contributed by atoms with van der Waals surface area (Å²) >= 11 is 0. The average molecular weight is 356 g/mol. The second-order valence-corrected chi connectivity index (χ2v) is 7.41. The van der Waals surface area contributed by atoms with Gasteiger partial charge in [0.05, 0.1) is 6.10 Å². The van der Waals surface area contributed by atoms with Crippen molar-refractivity contribution in [2.45, 2.75) is 63.3 Å². The second kappa shape index (κ2) is 6.76. The third-order valence-corrected chi connectivity index (χ3v) is 5.56. The molecule has 1 aromatic rings. The highest BCUT2D eigenvalue weighted by molar-refractivity contribution is 6.01. The molecule has 0 aromatic heterocycles. The summed E-state index contributed by atoms with van der Waals surface area (Å²) in [6, 6.07) is 4.96. The van der Waals surface area contributed by atoms with E-state index in [-0.39, 0.29) is 17.9 Å². The Kier molecular flexibility index (Phi) is 4.44. The Labute approximate surface area is 152 Å². The fraction of sp³-hybridized carbons (Fsp3) is 0.500. The van der Waals surface area contributed by atoms with E-state index in [1.807, 2.05) is 6.07 Å². The van der Waals surface area contributed by atoms with E-state index in [1.54, 1.807) is 17.0 Å². The number of fused-ring (bicyclic) bond motifs is 1. The van der Waals surface area contributed by atoms with E-state index in [1.165, 1.54) is 0 Å². The van der Waals surface area contributed by atoms with E-state index in [0.29, 0.717) is 36.4 Å². The van der Waals surface area contributed by atoms with Crippen molar-refractivity contribution in [3.8, 4) is 5.75 Å². The molecule has 6 nitrogen and oxygen atoms in total. The van der Waals surface area contributed by atoms with Gasteiger partial charge in [-0.3, -0.25) is 9.59 Å². The van der Waals surface area contributed by atoms with Gasteiger partial charge in [-0.2, -0.15) is 0 Å². The van der Waals surface area contributed by atoms with Crippen LogP contribution in [0.25, 0.3) is 0 Å². The Balaban J connectivity index is 1.49. The van der Waals surface area contributed by atoms with E-state index < -0.39 is 12.1 Å². The number of nitrogens with one attached hydrogen (secondary N) is 1. The molecule has 3 atom stereocenters. The lowest BCUT2D eigenvalue weighted by Gasteiger charge is -2.30. The lowest BCUT2D eigenvalue weighted by Crippen LogP contribution is -2.49. The van der Waals surface area contributed by atoms with Crippen molar-refractivity contribution in [1.29, 1.82) is 0 Å². The van der Waals surface area contributed by atoms with Crippen molar-refractivity contribution in [3.63, 3.8) is 0 Å². The number of aliphatic hydroxyl groups is 1. The molecule has 0 bridgehead atoms. The number of piperidine rings is 1. The number of hydrogen-bond acceptors (Lipinski definition) is 4. The van der Waals surface area contributed by atoms with Crippen molar-refractivity contribution in [3.05, 3.63) is 41.6 Å². The van der Waals surface area contributed by atoms with Gasteiger partial charge in [-0.15, -0.1) is 0 Å². The van der Waals surface area contributed by atoms with Crippen LogP contribution in [-0.2, 0) is 11.3 Å². The molecule has 1 unspecified atom stereocenters.